The second-order valence-corrected chi connectivity index (χ2v) is 3.31. The summed E-state index contributed by atoms with van der Waals surface area (Å²) >= 11 is 0. The van der Waals surface area contributed by atoms with Gasteiger partial charge < -0.3 is 10.0 Å². The Balaban J connectivity index is 2.57. The molecule has 5 nitrogen and oxygen atoms in total. The number of likely N-dealkylation sites (N-methyl/N-ethyl adjacent to an activating group) is 1. The van der Waals surface area contributed by atoms with Gasteiger partial charge in [-0.1, -0.05) is 0 Å². The fraction of sp³-hybridized carbons (Fsp3) is 1.00. The number of aliphatic hydroxyl groups excluding tert-OH is 1. The highest BCUT2D eigenvalue weighted by Crippen LogP contribution is 2.11. The van der Waals surface area contributed by atoms with Crippen molar-refractivity contribution in [2.24, 2.45) is 5.29 Å². The average molecular weight is 173 g/mol. The summed E-state index contributed by atoms with van der Waals surface area (Å²) in [6, 6.07) is -0.152. The maximum absolute atomic E-state index is 10.3. The van der Waals surface area contributed by atoms with Crippen molar-refractivity contribution in [3.8, 4) is 0 Å². The zero-order valence-electron chi connectivity index (χ0n) is 7.47. The third-order valence-corrected chi connectivity index (χ3v) is 2.25. The van der Waals surface area contributed by atoms with Crippen LogP contribution in [0, 0.1) is 4.91 Å². The summed E-state index contributed by atoms with van der Waals surface area (Å²) < 4.78 is 0. The van der Waals surface area contributed by atoms with Crippen LogP contribution >= 0.6 is 0 Å². The summed E-state index contributed by atoms with van der Waals surface area (Å²) in [5.74, 6) is 0. The number of nitrogens with zero attached hydrogens (tertiary/aromatic N) is 3. The first kappa shape index (κ1) is 9.41. The quantitative estimate of drug-likeness (QED) is 0.581. The maximum atomic E-state index is 10.3. The third kappa shape index (κ3) is 1.92. The molecule has 1 rings (SSSR count). The van der Waals surface area contributed by atoms with E-state index < -0.39 is 6.10 Å². The first-order chi connectivity index (χ1) is 5.65. The maximum Gasteiger partial charge on any atom is 0.0885 e. The monoisotopic (exact) mass is 173 g/mol. The number of hydrogen-bond acceptors (Lipinski definition) is 4. The van der Waals surface area contributed by atoms with Crippen LogP contribution in [0.5, 0.6) is 0 Å². The summed E-state index contributed by atoms with van der Waals surface area (Å²) in [6.07, 6.45) is -0.509. The molecule has 0 aliphatic carbocycles. The smallest absolute Gasteiger partial charge is 0.0885 e. The van der Waals surface area contributed by atoms with E-state index in [0.29, 0.717) is 13.1 Å². The van der Waals surface area contributed by atoms with Gasteiger partial charge >= 0.3 is 0 Å². The molecule has 0 spiro atoms. The molecule has 0 bridgehead atoms. The standard InChI is InChI=1S/C7H15N3O2/c1-6(11)7-5-9(2)3-4-10(7)8-12/h6-7,11H,3-5H2,1-2H3. The van der Waals surface area contributed by atoms with Gasteiger partial charge in [0.25, 0.3) is 0 Å². The normalized spacial score (nSPS) is 28.6. The zero-order valence-corrected chi connectivity index (χ0v) is 7.47. The van der Waals surface area contributed by atoms with Crippen LogP contribution in [0.25, 0.3) is 0 Å². The van der Waals surface area contributed by atoms with E-state index in [1.807, 2.05) is 7.05 Å². The molecule has 2 unspecified atom stereocenters. The lowest BCUT2D eigenvalue weighted by atomic mass is 10.1. The van der Waals surface area contributed by atoms with E-state index in [9.17, 15) is 10.0 Å². The van der Waals surface area contributed by atoms with Crippen LogP contribution in [0.3, 0.4) is 0 Å². The predicted octanol–water partition coefficient (Wildman–Crippen LogP) is -0.335. The highest BCUT2D eigenvalue weighted by molar-refractivity contribution is 4.81. The molecule has 5 heteroatoms. The van der Waals surface area contributed by atoms with Crippen molar-refractivity contribution in [1.82, 2.24) is 9.91 Å². The average Bonchev–Trinajstić information content (AvgIpc) is 2.04. The molecule has 1 saturated heterocycles. The van der Waals surface area contributed by atoms with Crippen molar-refractivity contribution >= 4 is 0 Å². The molecule has 1 N–H and O–H groups in total. The SMILES string of the molecule is CC(O)C1CN(C)CCN1N=O. The molecular formula is C7H15N3O2. The largest absolute Gasteiger partial charge is 0.391 e. The fourth-order valence-electron chi connectivity index (χ4n) is 1.45. The molecule has 0 aromatic rings. The summed E-state index contributed by atoms with van der Waals surface area (Å²) in [5, 5.41) is 13.6. The van der Waals surface area contributed by atoms with Crippen LogP contribution in [0.15, 0.2) is 5.29 Å². The Labute approximate surface area is 71.9 Å². The van der Waals surface area contributed by atoms with Gasteiger partial charge in [-0.05, 0) is 14.0 Å². The van der Waals surface area contributed by atoms with Gasteiger partial charge in [-0.2, -0.15) is 0 Å². The molecule has 1 heterocycles. The first-order valence-electron chi connectivity index (χ1n) is 4.11. The van der Waals surface area contributed by atoms with Crippen molar-refractivity contribution in [2.45, 2.75) is 19.1 Å². The minimum atomic E-state index is -0.509. The van der Waals surface area contributed by atoms with Gasteiger partial charge in [-0.25, -0.2) is 0 Å². The number of nitroso groups, excluding NO2 is 1. The second-order valence-electron chi connectivity index (χ2n) is 3.31. The van der Waals surface area contributed by atoms with Crippen molar-refractivity contribution in [3.05, 3.63) is 4.91 Å². The Morgan fingerprint density at radius 2 is 2.25 bits per heavy atom. The number of piperazine rings is 1. The summed E-state index contributed by atoms with van der Waals surface area (Å²) in [6.45, 7) is 3.82. The van der Waals surface area contributed by atoms with E-state index in [1.165, 1.54) is 5.01 Å². The molecule has 12 heavy (non-hydrogen) atoms. The van der Waals surface area contributed by atoms with Crippen LogP contribution in [-0.4, -0.2) is 53.8 Å². The van der Waals surface area contributed by atoms with Crippen molar-refractivity contribution in [3.63, 3.8) is 0 Å². The van der Waals surface area contributed by atoms with Gasteiger partial charge in [0.1, 0.15) is 0 Å². The molecule has 0 saturated carbocycles. The highest BCUT2D eigenvalue weighted by atomic mass is 16.3. The fourth-order valence-corrected chi connectivity index (χ4v) is 1.45. The van der Waals surface area contributed by atoms with Gasteiger partial charge in [0, 0.05) is 13.1 Å². The Bertz CT molecular complexity index is 163. The number of rotatable bonds is 2. The van der Waals surface area contributed by atoms with E-state index in [1.54, 1.807) is 6.92 Å². The molecule has 0 aromatic heterocycles. The van der Waals surface area contributed by atoms with Crippen molar-refractivity contribution < 1.29 is 5.11 Å². The third-order valence-electron chi connectivity index (χ3n) is 2.25. The van der Waals surface area contributed by atoms with E-state index in [2.05, 4.69) is 10.2 Å². The Kier molecular flexibility index (Phi) is 2.99. The molecule has 0 aromatic carbocycles. The predicted molar refractivity (Wildman–Crippen MR) is 45.5 cm³/mol. The molecule has 70 valence electrons. The first-order valence-corrected chi connectivity index (χ1v) is 4.11. The lowest BCUT2D eigenvalue weighted by molar-refractivity contribution is 0.00956. The summed E-state index contributed by atoms with van der Waals surface area (Å²) in [4.78, 5) is 12.4. The minimum absolute atomic E-state index is 0.152. The van der Waals surface area contributed by atoms with Crippen LogP contribution in [-0.2, 0) is 0 Å². The van der Waals surface area contributed by atoms with Gasteiger partial charge in [0.05, 0.1) is 24.0 Å². The zero-order chi connectivity index (χ0) is 9.14. The van der Waals surface area contributed by atoms with Gasteiger partial charge in [-0.3, -0.25) is 5.01 Å². The Hall–Kier alpha value is -0.680. The van der Waals surface area contributed by atoms with Crippen LogP contribution < -0.4 is 0 Å². The molecule has 2 atom stereocenters. The Morgan fingerprint density at radius 1 is 1.58 bits per heavy atom. The molecule has 1 aliphatic heterocycles. The van der Waals surface area contributed by atoms with Crippen molar-refractivity contribution in [1.29, 1.82) is 0 Å². The topological polar surface area (TPSA) is 56.1 Å². The lowest BCUT2D eigenvalue weighted by Crippen LogP contribution is -2.53. The van der Waals surface area contributed by atoms with Gasteiger partial charge in [-0.15, -0.1) is 4.91 Å². The second kappa shape index (κ2) is 3.82. The van der Waals surface area contributed by atoms with E-state index in [4.69, 9.17) is 0 Å². The molecule has 1 aliphatic rings. The van der Waals surface area contributed by atoms with Crippen LogP contribution in [0.1, 0.15) is 6.92 Å². The lowest BCUT2D eigenvalue weighted by Gasteiger charge is -2.37. The van der Waals surface area contributed by atoms with Gasteiger partial charge in [0.2, 0.25) is 0 Å². The molecule has 1 fully saturated rings. The van der Waals surface area contributed by atoms with E-state index in [0.717, 1.165) is 6.54 Å². The number of aliphatic hydroxyl groups is 1. The van der Waals surface area contributed by atoms with E-state index in [-0.39, 0.29) is 6.04 Å². The molecular weight excluding hydrogens is 158 g/mol. The minimum Gasteiger partial charge on any atom is -0.391 e. The summed E-state index contributed by atoms with van der Waals surface area (Å²) in [5.41, 5.74) is 0. The number of hydrogen-bond donors (Lipinski definition) is 1. The molecule has 0 radical (unpaired) electrons. The molecule has 0 amide bonds. The highest BCUT2D eigenvalue weighted by Gasteiger charge is 2.28. The van der Waals surface area contributed by atoms with Gasteiger partial charge in [0.15, 0.2) is 0 Å². The van der Waals surface area contributed by atoms with Crippen molar-refractivity contribution in [2.75, 3.05) is 26.7 Å². The van der Waals surface area contributed by atoms with E-state index >= 15 is 0 Å². The van der Waals surface area contributed by atoms with Crippen LogP contribution in [0.2, 0.25) is 0 Å². The van der Waals surface area contributed by atoms with Crippen LogP contribution in [0.4, 0.5) is 0 Å². The summed E-state index contributed by atoms with van der Waals surface area (Å²) in [7, 11) is 1.97. The Morgan fingerprint density at radius 3 is 2.75 bits per heavy atom.